The van der Waals surface area contributed by atoms with Gasteiger partial charge in [-0.2, -0.15) is 16.8 Å². The van der Waals surface area contributed by atoms with E-state index in [0.717, 1.165) is 0 Å². The van der Waals surface area contributed by atoms with E-state index in [1.165, 1.54) is 26.0 Å². The molecule has 0 amide bonds. The first-order valence-corrected chi connectivity index (χ1v) is 29.6. The first kappa shape index (κ1) is 55.3. The van der Waals surface area contributed by atoms with Crippen molar-refractivity contribution >= 4 is 26.6 Å². The Labute approximate surface area is 438 Å². The van der Waals surface area contributed by atoms with E-state index in [4.69, 9.17) is 60.8 Å². The Bertz CT molecular complexity index is 2460. The molecule has 0 unspecified atom stereocenters. The highest BCUT2D eigenvalue weighted by Crippen LogP contribution is 2.54. The summed E-state index contributed by atoms with van der Waals surface area (Å²) in [6.45, 7) is 16.5. The van der Waals surface area contributed by atoms with Crippen LogP contribution in [0.2, 0.25) is 0 Å². The fourth-order valence-electron chi connectivity index (χ4n) is 15.1. The van der Waals surface area contributed by atoms with Crippen LogP contribution in [0.4, 0.5) is 0 Å². The molecule has 0 aromatic heterocycles. The normalized spacial score (nSPS) is 52.5. The van der Waals surface area contributed by atoms with E-state index >= 15 is 0 Å². The predicted molar refractivity (Wildman–Crippen MR) is 258 cm³/mol. The minimum atomic E-state index is -4.95. The van der Waals surface area contributed by atoms with Gasteiger partial charge >= 0.3 is 20.8 Å². The molecular weight excluding hydrogens is 1030 g/mol. The molecule has 0 aromatic rings. The summed E-state index contributed by atoms with van der Waals surface area (Å²) in [4.78, 5) is 11.7. The number of ether oxygens (including phenoxy) is 11. The van der Waals surface area contributed by atoms with Crippen LogP contribution in [0.25, 0.3) is 0 Å². The van der Waals surface area contributed by atoms with Crippen LogP contribution in [0, 0.1) is 5.92 Å². The number of hydrogen-bond acceptors (Lipinski definition) is 20. The molecule has 11 heterocycles. The zero-order valence-electron chi connectivity index (χ0n) is 43.6. The quantitative estimate of drug-likeness (QED) is 0.147. The number of fused-ring (bicyclic) bond motifs is 10. The van der Waals surface area contributed by atoms with Gasteiger partial charge in [0, 0.05) is 51.4 Å². The lowest BCUT2D eigenvalue weighted by atomic mass is 9.74. The molecule has 11 fully saturated rings. The van der Waals surface area contributed by atoms with Gasteiger partial charge in [-0.05, 0) is 90.9 Å². The lowest BCUT2D eigenvalue weighted by Crippen LogP contribution is -2.73. The summed E-state index contributed by atoms with van der Waals surface area (Å²) in [7, 11) is -9.74. The van der Waals surface area contributed by atoms with Gasteiger partial charge in [0.15, 0.2) is 5.78 Å². The van der Waals surface area contributed by atoms with Gasteiger partial charge in [0.25, 0.3) is 0 Å². The lowest BCUT2D eigenvalue weighted by molar-refractivity contribution is -0.361. The molecule has 22 nitrogen and oxygen atoms in total. The second-order valence-corrected chi connectivity index (χ2v) is 26.8. The van der Waals surface area contributed by atoms with Crippen LogP contribution in [0.3, 0.4) is 0 Å². The number of carbonyl (C=O) groups excluding carboxylic acids is 1. The van der Waals surface area contributed by atoms with Gasteiger partial charge in [-0.15, -0.1) is 0 Å². The molecule has 24 heteroatoms. The third-order valence-electron chi connectivity index (χ3n) is 18.9. The Morgan fingerprint density at radius 1 is 0.707 bits per heavy atom. The van der Waals surface area contributed by atoms with Crippen molar-refractivity contribution in [2.45, 2.75) is 276 Å². The van der Waals surface area contributed by atoms with Crippen LogP contribution < -0.4 is 0 Å². The third-order valence-corrected chi connectivity index (χ3v) is 19.8. The zero-order chi connectivity index (χ0) is 53.6. The van der Waals surface area contributed by atoms with Crippen molar-refractivity contribution < 1.29 is 101 Å². The van der Waals surface area contributed by atoms with Crippen LogP contribution in [-0.2, 0) is 86.1 Å². The van der Waals surface area contributed by atoms with Crippen LogP contribution in [0.1, 0.15) is 126 Å². The molecule has 0 aliphatic carbocycles. The highest BCUT2D eigenvalue weighted by Gasteiger charge is 2.66. The number of rotatable bonds is 9. The molecule has 0 saturated carbocycles. The zero-order valence-corrected chi connectivity index (χ0v) is 45.3. The van der Waals surface area contributed by atoms with E-state index in [0.29, 0.717) is 69.8 Å². The fourth-order valence-corrected chi connectivity index (χ4v) is 15.9. The number of aliphatic hydroxyl groups excluding tert-OH is 1. The molecule has 0 aromatic carbocycles. The molecule has 0 radical (unpaired) electrons. The minimum absolute atomic E-state index is 0.00121. The Kier molecular flexibility index (Phi) is 14.4. The van der Waals surface area contributed by atoms with Crippen LogP contribution in [0.5, 0.6) is 0 Å². The predicted octanol–water partition coefficient (Wildman–Crippen LogP) is 3.13. The molecule has 11 saturated heterocycles. The smallest absolute Gasteiger partial charge is 0.387 e. The average molecular weight is 1110 g/mol. The van der Waals surface area contributed by atoms with Crippen molar-refractivity contribution in [1.82, 2.24) is 0 Å². The molecule has 0 spiro atoms. The van der Waals surface area contributed by atoms with Gasteiger partial charge in [-0.1, -0.05) is 13.5 Å². The first-order valence-electron chi connectivity index (χ1n) is 26.9. The maximum absolute atomic E-state index is 12.3. The molecule has 424 valence electrons. The highest BCUT2D eigenvalue weighted by molar-refractivity contribution is 7.81. The van der Waals surface area contributed by atoms with Crippen molar-refractivity contribution in [2.24, 2.45) is 5.92 Å². The van der Waals surface area contributed by atoms with Crippen molar-refractivity contribution in [3.63, 3.8) is 0 Å². The molecule has 0 bridgehead atoms. The number of aliphatic hydroxyl groups is 2. The van der Waals surface area contributed by atoms with Crippen LogP contribution in [0.15, 0.2) is 24.3 Å². The van der Waals surface area contributed by atoms with E-state index in [9.17, 15) is 36.4 Å². The Balaban J connectivity index is 0.748. The molecule has 4 N–H and O–H groups in total. The van der Waals surface area contributed by atoms with E-state index in [2.05, 4.69) is 31.5 Å². The average Bonchev–Trinajstić information content (AvgIpc) is 3.49. The molecule has 26 atom stereocenters. The van der Waals surface area contributed by atoms with Crippen molar-refractivity contribution in [2.75, 3.05) is 6.61 Å². The number of hydrogen-bond donors (Lipinski definition) is 4. The van der Waals surface area contributed by atoms with Crippen LogP contribution in [-0.4, -0.2) is 199 Å². The maximum Gasteiger partial charge on any atom is 0.397 e. The molecular formula is C51H76O22S2. The molecule has 11 aliphatic rings. The summed E-state index contributed by atoms with van der Waals surface area (Å²) < 4.78 is 150. The van der Waals surface area contributed by atoms with Gasteiger partial charge in [0.1, 0.15) is 35.6 Å². The van der Waals surface area contributed by atoms with Gasteiger partial charge in [-0.3, -0.25) is 13.9 Å². The first-order chi connectivity index (χ1) is 35.0. The maximum atomic E-state index is 12.3. The number of allylic oxidation sites excluding steroid dienone is 1. The topological polar surface area (TPSA) is 286 Å². The second kappa shape index (κ2) is 19.5. The van der Waals surface area contributed by atoms with Crippen LogP contribution >= 0.6 is 0 Å². The third kappa shape index (κ3) is 10.5. The summed E-state index contributed by atoms with van der Waals surface area (Å²) in [6, 6.07) is 0. The van der Waals surface area contributed by atoms with Gasteiger partial charge < -0.3 is 62.3 Å². The van der Waals surface area contributed by atoms with E-state index < -0.39 is 129 Å². The molecule has 75 heavy (non-hydrogen) atoms. The SMILES string of the molecule is C=C1C[C@@H]2O[C@@]3(C)[C@H](C[C@H]2O[C@@H]1[C@](C)(O)/C=C/C(C)=O)O[C@@H]1C[C@@H]2O[C@@H]4C[C@@H]5O[C@@H]6C[C@@H]7O[C@@H]8C[C@@H]9O[C@](C)(CCOS(=O)(=O)O)[C@@H](OS(=O)(=O)O)C[C@H]9O[C@H]8C[C@H]7O[C@H]6CC[C@@]5(C)O[C@@]4(C)C[C@H](C)[C@H]2O[C@H]1[C@H]3O. The highest BCUT2D eigenvalue weighted by atomic mass is 32.3. The summed E-state index contributed by atoms with van der Waals surface area (Å²) in [6.07, 6.45) is -2.74. The fraction of sp³-hybridized carbons (Fsp3) is 0.902. The number of carbonyl (C=O) groups is 1. The van der Waals surface area contributed by atoms with Crippen molar-refractivity contribution in [1.29, 1.82) is 0 Å². The van der Waals surface area contributed by atoms with Crippen molar-refractivity contribution in [3.8, 4) is 0 Å². The standard InChI is InChI=1S/C51H76O22S2/c1-24-15-35-34(68-46(24)47(4,54)11-9-26(3)52)21-42-51(8,71-35)45(53)44-38(67-42)19-37-43(69-44)25(2)23-50(7)40(66-37)22-39-49(6,73-50)12-10-27-28(65-39)16-30-29(62-27)17-31-32(63-30)18-36-33(64-31)20-41(72-75(58,59)60)48(5,70-36)13-14-61-74(55,56)57/h9,11,25,27-46,53-54H,1,10,12-23H2,2-8H3,(H,55,56,57)(H,58,59,60)/b11-9+/t25-,27-,28+,29+,30-,31-,32+,33+,34+,35-,36-,37-,38+,39-,40+,41-,42-,43+,44+,45+,46-,47+,48+,49+,50-,51-/m0/s1. The molecule has 11 aliphatic heterocycles. The minimum Gasteiger partial charge on any atom is -0.387 e. The van der Waals surface area contributed by atoms with E-state index in [1.807, 2.05) is 6.92 Å². The lowest BCUT2D eigenvalue weighted by Gasteiger charge is -2.59. The van der Waals surface area contributed by atoms with E-state index in [-0.39, 0.29) is 73.4 Å². The Morgan fingerprint density at radius 3 is 1.95 bits per heavy atom. The van der Waals surface area contributed by atoms with E-state index in [1.54, 1.807) is 6.92 Å². The molecule has 11 rings (SSSR count). The summed E-state index contributed by atoms with van der Waals surface area (Å²) in [5, 5.41) is 23.6. The van der Waals surface area contributed by atoms with Gasteiger partial charge in [0.2, 0.25) is 0 Å². The van der Waals surface area contributed by atoms with Crippen molar-refractivity contribution in [3.05, 3.63) is 24.3 Å². The monoisotopic (exact) mass is 1100 g/mol. The second-order valence-electron chi connectivity index (χ2n) is 24.6. The Hall–Kier alpha value is -1.63. The number of ketones is 1. The summed E-state index contributed by atoms with van der Waals surface area (Å²) in [5.41, 5.74) is -4.82. The summed E-state index contributed by atoms with van der Waals surface area (Å²) in [5.74, 6) is -0.220. The largest absolute Gasteiger partial charge is 0.397 e. The Morgan fingerprint density at radius 2 is 1.28 bits per heavy atom. The van der Waals surface area contributed by atoms with Gasteiger partial charge in [-0.25, -0.2) is 8.37 Å². The summed E-state index contributed by atoms with van der Waals surface area (Å²) >= 11 is 0. The van der Waals surface area contributed by atoms with Gasteiger partial charge in [0.05, 0.1) is 121 Å².